The van der Waals surface area contributed by atoms with Crippen molar-refractivity contribution < 1.29 is 17.9 Å². The van der Waals surface area contributed by atoms with Crippen LogP contribution >= 0.6 is 0 Å². The Labute approximate surface area is 153 Å². The summed E-state index contributed by atoms with van der Waals surface area (Å²) in [4.78, 5) is 0. The van der Waals surface area contributed by atoms with Gasteiger partial charge < -0.3 is 9.47 Å². The summed E-state index contributed by atoms with van der Waals surface area (Å²) in [5.74, 6) is 1.86. The van der Waals surface area contributed by atoms with Gasteiger partial charge in [0.1, 0.15) is 29.6 Å². The number of nitrogens with one attached hydrogen (secondary N) is 1. The molecule has 3 aromatic carbocycles. The molecule has 0 saturated carbocycles. The van der Waals surface area contributed by atoms with Gasteiger partial charge in [-0.1, -0.05) is 36.4 Å². The second kappa shape index (κ2) is 8.40. The van der Waals surface area contributed by atoms with Crippen molar-refractivity contribution in [1.82, 2.24) is 0 Å². The normalized spacial score (nSPS) is 10.9. The third-order valence-corrected chi connectivity index (χ3v) is 4.72. The molecule has 5 nitrogen and oxygen atoms in total. The van der Waals surface area contributed by atoms with Crippen LogP contribution < -0.4 is 14.2 Å². The molecule has 3 rings (SSSR count). The van der Waals surface area contributed by atoms with Crippen LogP contribution in [0.3, 0.4) is 0 Å². The van der Waals surface area contributed by atoms with Crippen molar-refractivity contribution in [3.63, 3.8) is 0 Å². The third-order valence-electron chi connectivity index (χ3n) is 3.47. The van der Waals surface area contributed by atoms with Crippen LogP contribution in [0.15, 0.2) is 84.9 Å². The van der Waals surface area contributed by atoms with Gasteiger partial charge in [-0.25, -0.2) is 8.42 Å². The Balaban J connectivity index is 1.52. The molecule has 1 N–H and O–H groups in total. The quantitative estimate of drug-likeness (QED) is 0.643. The number of ether oxygens (including phenoxy) is 2. The van der Waals surface area contributed by atoms with E-state index in [0.717, 1.165) is 5.75 Å². The molecule has 0 aliphatic rings. The first-order valence-electron chi connectivity index (χ1n) is 8.12. The Morgan fingerprint density at radius 1 is 0.692 bits per heavy atom. The Hall–Kier alpha value is -2.99. The van der Waals surface area contributed by atoms with Crippen LogP contribution in [0.5, 0.6) is 17.2 Å². The molecule has 0 amide bonds. The lowest BCUT2D eigenvalue weighted by atomic mass is 10.3. The highest BCUT2D eigenvalue weighted by Gasteiger charge is 2.11. The molecule has 0 bridgehead atoms. The summed E-state index contributed by atoms with van der Waals surface area (Å²) in [5.41, 5.74) is 0.477. The predicted octanol–water partition coefficient (Wildman–Crippen LogP) is 4.30. The first-order valence-corrected chi connectivity index (χ1v) is 9.77. The number of benzene rings is 3. The van der Waals surface area contributed by atoms with Crippen LogP contribution in [-0.4, -0.2) is 20.8 Å². The smallest absolute Gasteiger partial charge is 0.236 e. The molecule has 0 radical (unpaired) electrons. The van der Waals surface area contributed by atoms with Crippen LogP contribution in [0.4, 0.5) is 5.69 Å². The van der Waals surface area contributed by atoms with Crippen molar-refractivity contribution >= 4 is 15.7 Å². The molecule has 0 spiro atoms. The maximum atomic E-state index is 12.1. The summed E-state index contributed by atoms with van der Waals surface area (Å²) < 4.78 is 37.9. The Bertz CT molecular complexity index is 911. The zero-order chi connectivity index (χ0) is 18.2. The van der Waals surface area contributed by atoms with Crippen LogP contribution in [0.2, 0.25) is 0 Å². The molecular weight excluding hydrogens is 350 g/mol. The summed E-state index contributed by atoms with van der Waals surface area (Å²) >= 11 is 0. The zero-order valence-corrected chi connectivity index (χ0v) is 14.9. The average Bonchev–Trinajstić information content (AvgIpc) is 2.65. The van der Waals surface area contributed by atoms with Crippen LogP contribution in [0.25, 0.3) is 0 Å². The topological polar surface area (TPSA) is 64.6 Å². The Morgan fingerprint density at radius 3 is 1.85 bits per heavy atom. The van der Waals surface area contributed by atoms with E-state index in [0.29, 0.717) is 17.2 Å². The van der Waals surface area contributed by atoms with Gasteiger partial charge in [0.2, 0.25) is 10.0 Å². The van der Waals surface area contributed by atoms with Crippen molar-refractivity contribution in [2.45, 2.75) is 0 Å². The zero-order valence-electron chi connectivity index (χ0n) is 14.0. The van der Waals surface area contributed by atoms with E-state index >= 15 is 0 Å². The summed E-state index contributed by atoms with van der Waals surface area (Å²) in [6.45, 7) is 0.0779. The van der Waals surface area contributed by atoms with E-state index in [1.807, 2.05) is 48.5 Å². The van der Waals surface area contributed by atoms with Crippen molar-refractivity contribution in [3.8, 4) is 17.2 Å². The SMILES string of the molecule is O=S(=O)(CCOc1ccccc1)Nc1ccc(Oc2ccccc2)cc1. The minimum atomic E-state index is -3.49. The Kier molecular flexibility index (Phi) is 5.76. The molecule has 0 fully saturated rings. The largest absolute Gasteiger partial charge is 0.492 e. The molecule has 0 aliphatic carbocycles. The Morgan fingerprint density at radius 2 is 1.23 bits per heavy atom. The van der Waals surface area contributed by atoms with Crippen molar-refractivity contribution in [2.75, 3.05) is 17.1 Å². The predicted molar refractivity (Wildman–Crippen MR) is 102 cm³/mol. The van der Waals surface area contributed by atoms with E-state index in [-0.39, 0.29) is 12.4 Å². The van der Waals surface area contributed by atoms with Gasteiger partial charge in [-0.2, -0.15) is 0 Å². The second-order valence-electron chi connectivity index (χ2n) is 5.52. The average molecular weight is 369 g/mol. The monoisotopic (exact) mass is 369 g/mol. The maximum Gasteiger partial charge on any atom is 0.236 e. The first-order chi connectivity index (χ1) is 12.6. The molecule has 134 valence electrons. The van der Waals surface area contributed by atoms with E-state index in [4.69, 9.17) is 9.47 Å². The third kappa shape index (κ3) is 5.53. The highest BCUT2D eigenvalue weighted by atomic mass is 32.2. The fraction of sp³-hybridized carbons (Fsp3) is 0.100. The van der Waals surface area contributed by atoms with Crippen LogP contribution in [0, 0.1) is 0 Å². The van der Waals surface area contributed by atoms with Gasteiger partial charge in [-0.3, -0.25) is 4.72 Å². The van der Waals surface area contributed by atoms with E-state index < -0.39 is 10.0 Å². The standard InChI is InChI=1S/C20H19NO4S/c22-26(23,16-15-24-18-7-3-1-4-8-18)21-17-11-13-20(14-12-17)25-19-9-5-2-6-10-19/h1-14,21H,15-16H2. The molecule has 26 heavy (non-hydrogen) atoms. The van der Waals surface area contributed by atoms with Gasteiger partial charge in [0, 0.05) is 5.69 Å². The lowest BCUT2D eigenvalue weighted by Gasteiger charge is -2.10. The van der Waals surface area contributed by atoms with Gasteiger partial charge in [-0.15, -0.1) is 0 Å². The van der Waals surface area contributed by atoms with E-state index in [9.17, 15) is 8.42 Å². The van der Waals surface area contributed by atoms with Crippen LogP contribution in [-0.2, 0) is 10.0 Å². The molecule has 6 heteroatoms. The molecule has 0 unspecified atom stereocenters. The van der Waals surface area contributed by atoms with Crippen LogP contribution in [0.1, 0.15) is 0 Å². The molecule has 0 aromatic heterocycles. The van der Waals surface area contributed by atoms with Gasteiger partial charge in [0.25, 0.3) is 0 Å². The summed E-state index contributed by atoms with van der Waals surface area (Å²) in [6, 6.07) is 25.2. The van der Waals surface area contributed by atoms with E-state index in [2.05, 4.69) is 4.72 Å². The van der Waals surface area contributed by atoms with E-state index in [1.54, 1.807) is 36.4 Å². The van der Waals surface area contributed by atoms with Gasteiger partial charge >= 0.3 is 0 Å². The van der Waals surface area contributed by atoms with Crippen molar-refractivity contribution in [1.29, 1.82) is 0 Å². The highest BCUT2D eigenvalue weighted by Crippen LogP contribution is 2.23. The summed E-state index contributed by atoms with van der Waals surface area (Å²) in [5, 5.41) is 0. The number of hydrogen-bond donors (Lipinski definition) is 1. The number of para-hydroxylation sites is 2. The highest BCUT2D eigenvalue weighted by molar-refractivity contribution is 7.92. The minimum absolute atomic E-state index is 0.0779. The number of anilines is 1. The molecule has 0 atom stereocenters. The van der Waals surface area contributed by atoms with Gasteiger partial charge in [0.05, 0.1) is 0 Å². The molecule has 0 heterocycles. The molecule has 3 aromatic rings. The number of hydrogen-bond acceptors (Lipinski definition) is 4. The molecule has 0 aliphatic heterocycles. The fourth-order valence-corrected chi connectivity index (χ4v) is 3.13. The van der Waals surface area contributed by atoms with Crippen molar-refractivity contribution in [2.24, 2.45) is 0 Å². The van der Waals surface area contributed by atoms with Crippen molar-refractivity contribution in [3.05, 3.63) is 84.9 Å². The van der Waals surface area contributed by atoms with E-state index in [1.165, 1.54) is 0 Å². The number of sulfonamides is 1. The second-order valence-corrected chi connectivity index (χ2v) is 7.36. The maximum absolute atomic E-state index is 12.1. The van der Waals surface area contributed by atoms with Gasteiger partial charge in [0.15, 0.2) is 0 Å². The first kappa shape index (κ1) is 17.8. The lowest BCUT2D eigenvalue weighted by Crippen LogP contribution is -2.21. The van der Waals surface area contributed by atoms with Gasteiger partial charge in [-0.05, 0) is 48.5 Å². The minimum Gasteiger partial charge on any atom is -0.492 e. The summed E-state index contributed by atoms with van der Waals surface area (Å²) in [6.07, 6.45) is 0. The molecular formula is C20H19NO4S. The number of rotatable bonds is 8. The summed E-state index contributed by atoms with van der Waals surface area (Å²) in [7, 11) is -3.49. The lowest BCUT2D eigenvalue weighted by molar-refractivity contribution is 0.341. The molecule has 0 saturated heterocycles. The fourth-order valence-electron chi connectivity index (χ4n) is 2.23.